The van der Waals surface area contributed by atoms with Crippen molar-refractivity contribution in [3.63, 3.8) is 0 Å². The van der Waals surface area contributed by atoms with Crippen LogP contribution in [0.5, 0.6) is 5.75 Å². The van der Waals surface area contributed by atoms with Crippen LogP contribution in [0.4, 0.5) is 4.39 Å². The van der Waals surface area contributed by atoms with E-state index in [1.807, 2.05) is 0 Å². The zero-order valence-electron chi connectivity index (χ0n) is 13.1. The quantitative estimate of drug-likeness (QED) is 0.926. The SMILES string of the molecule is OC1(COc2ccccc2F)CCCN(C2CCCC2)CC1. The third kappa shape index (κ3) is 3.79. The number of para-hydroxylation sites is 1. The van der Waals surface area contributed by atoms with Crippen LogP contribution in [0.25, 0.3) is 0 Å². The van der Waals surface area contributed by atoms with Gasteiger partial charge in [0.15, 0.2) is 11.6 Å². The predicted octanol–water partition coefficient (Wildman–Crippen LogP) is 3.36. The number of halogens is 1. The number of hydrogen-bond donors (Lipinski definition) is 1. The van der Waals surface area contributed by atoms with Gasteiger partial charge in [-0.05, 0) is 50.8 Å². The highest BCUT2D eigenvalue weighted by Gasteiger charge is 2.33. The molecule has 1 aromatic rings. The maximum absolute atomic E-state index is 13.6. The molecular formula is C18H26FNO2. The minimum absolute atomic E-state index is 0.173. The molecule has 0 spiro atoms. The van der Waals surface area contributed by atoms with Gasteiger partial charge in [-0.25, -0.2) is 4.39 Å². The highest BCUT2D eigenvalue weighted by molar-refractivity contribution is 5.23. The summed E-state index contributed by atoms with van der Waals surface area (Å²) in [6.45, 7) is 2.15. The van der Waals surface area contributed by atoms with Gasteiger partial charge in [0.05, 0.1) is 5.60 Å². The fraction of sp³-hybridized carbons (Fsp3) is 0.667. The molecule has 0 radical (unpaired) electrons. The minimum atomic E-state index is -0.838. The molecule has 1 aromatic carbocycles. The average molecular weight is 307 g/mol. The average Bonchev–Trinajstić information content (AvgIpc) is 2.97. The molecule has 122 valence electrons. The van der Waals surface area contributed by atoms with Crippen LogP contribution in [-0.2, 0) is 0 Å². The van der Waals surface area contributed by atoms with E-state index in [0.717, 1.165) is 25.9 Å². The van der Waals surface area contributed by atoms with Crippen molar-refractivity contribution in [3.05, 3.63) is 30.1 Å². The van der Waals surface area contributed by atoms with Gasteiger partial charge in [0.25, 0.3) is 0 Å². The lowest BCUT2D eigenvalue weighted by Gasteiger charge is -2.29. The van der Waals surface area contributed by atoms with Gasteiger partial charge in [0.2, 0.25) is 0 Å². The van der Waals surface area contributed by atoms with Crippen LogP contribution in [-0.4, -0.2) is 41.3 Å². The highest BCUT2D eigenvalue weighted by atomic mass is 19.1. The molecule has 2 aliphatic rings. The molecule has 0 amide bonds. The van der Waals surface area contributed by atoms with Crippen molar-refractivity contribution in [2.75, 3.05) is 19.7 Å². The number of aliphatic hydroxyl groups is 1. The van der Waals surface area contributed by atoms with E-state index in [1.165, 1.54) is 31.7 Å². The number of rotatable bonds is 4. The summed E-state index contributed by atoms with van der Waals surface area (Å²) in [5.41, 5.74) is -0.838. The highest BCUT2D eigenvalue weighted by Crippen LogP contribution is 2.29. The van der Waals surface area contributed by atoms with Crippen molar-refractivity contribution >= 4 is 0 Å². The molecule has 22 heavy (non-hydrogen) atoms. The molecule has 0 aromatic heterocycles. The van der Waals surface area contributed by atoms with Crippen molar-refractivity contribution in [2.45, 2.75) is 56.6 Å². The Bertz CT molecular complexity index is 490. The van der Waals surface area contributed by atoms with Gasteiger partial charge >= 0.3 is 0 Å². The van der Waals surface area contributed by atoms with Crippen LogP contribution < -0.4 is 4.74 Å². The molecule has 1 aliphatic carbocycles. The fourth-order valence-corrected chi connectivity index (χ4v) is 3.75. The first-order chi connectivity index (χ1) is 10.7. The van der Waals surface area contributed by atoms with E-state index < -0.39 is 5.60 Å². The van der Waals surface area contributed by atoms with Gasteiger partial charge in [-0.2, -0.15) is 0 Å². The first-order valence-corrected chi connectivity index (χ1v) is 8.50. The maximum atomic E-state index is 13.6. The lowest BCUT2D eigenvalue weighted by Crippen LogP contribution is -2.39. The number of nitrogens with zero attached hydrogens (tertiary/aromatic N) is 1. The van der Waals surface area contributed by atoms with Crippen molar-refractivity contribution in [1.29, 1.82) is 0 Å². The van der Waals surface area contributed by atoms with Crippen LogP contribution in [0.15, 0.2) is 24.3 Å². The molecule has 1 N–H and O–H groups in total. The fourth-order valence-electron chi connectivity index (χ4n) is 3.75. The summed E-state index contributed by atoms with van der Waals surface area (Å²) in [6.07, 6.45) is 7.67. The summed E-state index contributed by atoms with van der Waals surface area (Å²) < 4.78 is 19.2. The summed E-state index contributed by atoms with van der Waals surface area (Å²) in [5.74, 6) is -0.139. The summed E-state index contributed by atoms with van der Waals surface area (Å²) in [6, 6.07) is 7.09. The second-order valence-electron chi connectivity index (χ2n) is 6.77. The minimum Gasteiger partial charge on any atom is -0.488 e. The summed E-state index contributed by atoms with van der Waals surface area (Å²) in [4.78, 5) is 2.54. The smallest absolute Gasteiger partial charge is 0.165 e. The van der Waals surface area contributed by atoms with Crippen LogP contribution in [0.1, 0.15) is 44.9 Å². The monoisotopic (exact) mass is 307 g/mol. The molecule has 1 saturated heterocycles. The number of benzene rings is 1. The molecule has 2 fully saturated rings. The van der Waals surface area contributed by atoms with Gasteiger partial charge in [-0.15, -0.1) is 0 Å². The topological polar surface area (TPSA) is 32.7 Å². The van der Waals surface area contributed by atoms with E-state index in [2.05, 4.69) is 4.90 Å². The first-order valence-electron chi connectivity index (χ1n) is 8.50. The summed E-state index contributed by atoms with van der Waals surface area (Å²) in [5, 5.41) is 10.8. The van der Waals surface area contributed by atoms with Gasteiger partial charge in [0, 0.05) is 12.6 Å². The Morgan fingerprint density at radius 3 is 2.68 bits per heavy atom. The third-order valence-electron chi connectivity index (χ3n) is 5.13. The molecule has 0 bridgehead atoms. The second kappa shape index (κ2) is 6.97. The Hall–Kier alpha value is -1.13. The van der Waals surface area contributed by atoms with Gasteiger partial charge < -0.3 is 14.7 Å². The zero-order chi connectivity index (χ0) is 15.4. The van der Waals surface area contributed by atoms with Crippen LogP contribution in [0.3, 0.4) is 0 Å². The standard InChI is InChI=1S/C18H26FNO2/c19-16-8-3-4-9-17(16)22-14-18(21)10-5-12-20(13-11-18)15-6-1-2-7-15/h3-4,8-9,15,21H,1-2,5-7,10-14H2. The molecule has 1 unspecified atom stereocenters. The molecule has 1 heterocycles. The van der Waals surface area contributed by atoms with Gasteiger partial charge in [-0.3, -0.25) is 0 Å². The van der Waals surface area contributed by atoms with E-state index in [4.69, 9.17) is 4.74 Å². The Kier molecular flexibility index (Phi) is 4.99. The predicted molar refractivity (Wildman–Crippen MR) is 84.5 cm³/mol. The molecule has 4 heteroatoms. The van der Waals surface area contributed by atoms with E-state index in [0.29, 0.717) is 12.5 Å². The normalized spacial score (nSPS) is 27.7. The molecule has 3 rings (SSSR count). The zero-order valence-corrected chi connectivity index (χ0v) is 13.1. The van der Waals surface area contributed by atoms with Crippen LogP contribution >= 0.6 is 0 Å². The molecule has 1 atom stereocenters. The van der Waals surface area contributed by atoms with Crippen molar-refractivity contribution in [1.82, 2.24) is 4.90 Å². The largest absolute Gasteiger partial charge is 0.488 e. The van der Waals surface area contributed by atoms with Crippen molar-refractivity contribution in [3.8, 4) is 5.75 Å². The molecule has 1 saturated carbocycles. The van der Waals surface area contributed by atoms with E-state index in [1.54, 1.807) is 18.2 Å². The van der Waals surface area contributed by atoms with Crippen LogP contribution in [0, 0.1) is 5.82 Å². The number of ether oxygens (including phenoxy) is 1. The lowest BCUT2D eigenvalue weighted by molar-refractivity contribution is -0.0183. The van der Waals surface area contributed by atoms with Crippen LogP contribution in [0.2, 0.25) is 0 Å². The van der Waals surface area contributed by atoms with E-state index in [9.17, 15) is 9.50 Å². The third-order valence-corrected chi connectivity index (χ3v) is 5.13. The van der Waals surface area contributed by atoms with Gasteiger partial charge in [-0.1, -0.05) is 25.0 Å². The van der Waals surface area contributed by atoms with E-state index >= 15 is 0 Å². The maximum Gasteiger partial charge on any atom is 0.165 e. The second-order valence-corrected chi connectivity index (χ2v) is 6.77. The molecule has 3 nitrogen and oxygen atoms in total. The van der Waals surface area contributed by atoms with Gasteiger partial charge in [0.1, 0.15) is 6.61 Å². The Morgan fingerprint density at radius 1 is 1.14 bits per heavy atom. The number of likely N-dealkylation sites (tertiary alicyclic amines) is 1. The molecule has 1 aliphatic heterocycles. The lowest BCUT2D eigenvalue weighted by atomic mass is 9.96. The Labute approximate surface area is 132 Å². The van der Waals surface area contributed by atoms with Crippen molar-refractivity contribution in [2.24, 2.45) is 0 Å². The Morgan fingerprint density at radius 2 is 1.91 bits per heavy atom. The van der Waals surface area contributed by atoms with E-state index in [-0.39, 0.29) is 18.2 Å². The summed E-state index contributed by atoms with van der Waals surface area (Å²) >= 11 is 0. The molecular weight excluding hydrogens is 281 g/mol. The number of hydrogen-bond acceptors (Lipinski definition) is 3. The Balaban J connectivity index is 1.55. The summed E-state index contributed by atoms with van der Waals surface area (Å²) in [7, 11) is 0. The first kappa shape index (κ1) is 15.8. The van der Waals surface area contributed by atoms with Crippen molar-refractivity contribution < 1.29 is 14.2 Å².